The minimum atomic E-state index is -4.29. The van der Waals surface area contributed by atoms with E-state index in [4.69, 9.17) is 5.26 Å². The molecule has 0 saturated heterocycles. The van der Waals surface area contributed by atoms with Crippen LogP contribution in [0.5, 0.6) is 0 Å². The molecular weight excluding hydrogens is 331 g/mol. The first-order valence-electron chi connectivity index (χ1n) is 8.12. The third-order valence-corrected chi connectivity index (χ3v) is 4.54. The van der Waals surface area contributed by atoms with Crippen LogP contribution >= 0.6 is 0 Å². The summed E-state index contributed by atoms with van der Waals surface area (Å²) >= 11 is 0. The Morgan fingerprint density at radius 3 is 2.68 bits per heavy atom. The summed E-state index contributed by atoms with van der Waals surface area (Å²) in [5.74, 6) is -0.996. The lowest BCUT2D eigenvalue weighted by molar-refractivity contribution is -0.156. The average Bonchev–Trinajstić information content (AvgIpc) is 3.02. The molecule has 0 amide bonds. The topological polar surface area (TPSA) is 66.5 Å². The number of rotatable bonds is 4. The van der Waals surface area contributed by atoms with E-state index in [2.05, 4.69) is 21.6 Å². The number of nitrogens with one attached hydrogen (secondary N) is 1. The lowest BCUT2D eigenvalue weighted by atomic mass is 9.98. The van der Waals surface area contributed by atoms with Gasteiger partial charge in [0.05, 0.1) is 18.2 Å². The number of hydrogen-bond acceptors (Lipinski definition) is 4. The third-order valence-electron chi connectivity index (χ3n) is 4.54. The van der Waals surface area contributed by atoms with Crippen molar-refractivity contribution in [2.24, 2.45) is 0 Å². The van der Waals surface area contributed by atoms with Crippen molar-refractivity contribution >= 4 is 0 Å². The molecule has 2 heterocycles. The van der Waals surface area contributed by atoms with Gasteiger partial charge in [0, 0.05) is 12.6 Å². The van der Waals surface area contributed by atoms with Gasteiger partial charge in [0.2, 0.25) is 0 Å². The van der Waals surface area contributed by atoms with Crippen molar-refractivity contribution in [1.82, 2.24) is 20.1 Å². The van der Waals surface area contributed by atoms with E-state index in [1.54, 1.807) is 16.7 Å². The van der Waals surface area contributed by atoms with E-state index in [0.717, 1.165) is 5.56 Å². The lowest BCUT2D eigenvalue weighted by Crippen LogP contribution is -2.29. The largest absolute Gasteiger partial charge is 0.398 e. The zero-order chi connectivity index (χ0) is 18.0. The SMILES string of the molecule is C[C@@H](NCc1nnc2n1CCC[C@H]2C(F)(F)F)c1ccc(C#N)cc1. The van der Waals surface area contributed by atoms with Gasteiger partial charge in [-0.1, -0.05) is 12.1 Å². The first-order chi connectivity index (χ1) is 11.9. The number of nitrogens with zero attached hydrogens (tertiary/aromatic N) is 4. The highest BCUT2D eigenvalue weighted by Crippen LogP contribution is 2.40. The summed E-state index contributed by atoms with van der Waals surface area (Å²) in [5, 5.41) is 19.8. The monoisotopic (exact) mass is 349 g/mol. The fourth-order valence-corrected chi connectivity index (χ4v) is 3.08. The highest BCUT2D eigenvalue weighted by atomic mass is 19.4. The van der Waals surface area contributed by atoms with E-state index in [0.29, 0.717) is 30.9 Å². The molecule has 0 aliphatic carbocycles. The maximum atomic E-state index is 13.1. The third kappa shape index (κ3) is 3.66. The molecule has 0 fully saturated rings. The van der Waals surface area contributed by atoms with Crippen LogP contribution in [-0.2, 0) is 13.1 Å². The minimum Gasteiger partial charge on any atom is -0.313 e. The van der Waals surface area contributed by atoms with E-state index in [1.165, 1.54) is 0 Å². The quantitative estimate of drug-likeness (QED) is 0.918. The van der Waals surface area contributed by atoms with Crippen LogP contribution in [0.15, 0.2) is 24.3 Å². The molecule has 0 radical (unpaired) electrons. The zero-order valence-electron chi connectivity index (χ0n) is 13.7. The normalized spacial score (nSPS) is 18.4. The predicted molar refractivity (Wildman–Crippen MR) is 84.5 cm³/mol. The molecular formula is C17H18F3N5. The van der Waals surface area contributed by atoms with Gasteiger partial charge in [-0.3, -0.25) is 0 Å². The van der Waals surface area contributed by atoms with Gasteiger partial charge in [0.1, 0.15) is 17.6 Å². The molecule has 2 aromatic rings. The molecule has 1 aliphatic rings. The molecule has 2 atom stereocenters. The van der Waals surface area contributed by atoms with Crippen molar-refractivity contribution < 1.29 is 13.2 Å². The van der Waals surface area contributed by atoms with Gasteiger partial charge in [-0.25, -0.2) is 0 Å². The van der Waals surface area contributed by atoms with Crippen molar-refractivity contribution in [3.63, 3.8) is 0 Å². The summed E-state index contributed by atoms with van der Waals surface area (Å²) in [6, 6.07) is 9.22. The van der Waals surface area contributed by atoms with Crippen LogP contribution in [0.4, 0.5) is 13.2 Å². The summed E-state index contributed by atoms with van der Waals surface area (Å²) in [7, 11) is 0. The molecule has 3 rings (SSSR count). The standard InChI is InChI=1S/C17H18F3N5/c1-11(13-6-4-12(9-21)5-7-13)22-10-15-23-24-16-14(17(18,19)20)3-2-8-25(15)16/h4-7,11,14,22H,2-3,8,10H2,1H3/t11-,14-/m1/s1. The van der Waals surface area contributed by atoms with Crippen LogP contribution in [0, 0.1) is 11.3 Å². The molecule has 1 aromatic heterocycles. The molecule has 0 unspecified atom stereocenters. The van der Waals surface area contributed by atoms with E-state index in [-0.39, 0.29) is 18.3 Å². The summed E-state index contributed by atoms with van der Waals surface area (Å²) in [4.78, 5) is 0. The van der Waals surface area contributed by atoms with E-state index >= 15 is 0 Å². The highest BCUT2D eigenvalue weighted by molar-refractivity contribution is 5.32. The van der Waals surface area contributed by atoms with Gasteiger partial charge in [0.15, 0.2) is 0 Å². The van der Waals surface area contributed by atoms with Crippen molar-refractivity contribution in [3.05, 3.63) is 47.0 Å². The van der Waals surface area contributed by atoms with Crippen LogP contribution in [0.25, 0.3) is 0 Å². The van der Waals surface area contributed by atoms with Crippen LogP contribution in [0.1, 0.15) is 54.5 Å². The molecule has 5 nitrogen and oxygen atoms in total. The fourth-order valence-electron chi connectivity index (χ4n) is 3.08. The first kappa shape index (κ1) is 17.4. The number of aromatic nitrogens is 3. The average molecular weight is 349 g/mol. The van der Waals surface area contributed by atoms with Crippen molar-refractivity contribution in [3.8, 4) is 6.07 Å². The summed E-state index contributed by atoms with van der Waals surface area (Å²) in [6.45, 7) is 2.79. The fraction of sp³-hybridized carbons (Fsp3) is 0.471. The Morgan fingerprint density at radius 1 is 1.32 bits per heavy atom. The van der Waals surface area contributed by atoms with Crippen LogP contribution < -0.4 is 5.32 Å². The first-order valence-corrected chi connectivity index (χ1v) is 8.12. The van der Waals surface area contributed by atoms with Gasteiger partial charge < -0.3 is 9.88 Å². The van der Waals surface area contributed by atoms with E-state index < -0.39 is 12.1 Å². The van der Waals surface area contributed by atoms with Crippen molar-refractivity contribution in [1.29, 1.82) is 5.26 Å². The number of benzene rings is 1. The smallest absolute Gasteiger partial charge is 0.313 e. The maximum absolute atomic E-state index is 13.1. The maximum Gasteiger partial charge on any atom is 0.398 e. The Morgan fingerprint density at radius 2 is 2.04 bits per heavy atom. The molecule has 25 heavy (non-hydrogen) atoms. The van der Waals surface area contributed by atoms with Gasteiger partial charge in [0.25, 0.3) is 0 Å². The Labute approximate surface area is 143 Å². The molecule has 8 heteroatoms. The molecule has 1 N–H and O–H groups in total. The molecule has 0 bridgehead atoms. The number of alkyl halides is 3. The molecule has 0 saturated carbocycles. The molecule has 1 aliphatic heterocycles. The summed E-state index contributed by atoms with van der Waals surface area (Å²) in [5.41, 5.74) is 1.58. The van der Waals surface area contributed by atoms with E-state index in [9.17, 15) is 13.2 Å². The van der Waals surface area contributed by atoms with Crippen LogP contribution in [0.3, 0.4) is 0 Å². The van der Waals surface area contributed by atoms with Gasteiger partial charge >= 0.3 is 6.18 Å². The summed E-state index contributed by atoms with van der Waals surface area (Å²) < 4.78 is 40.9. The Hall–Kier alpha value is -2.40. The number of halogens is 3. The van der Waals surface area contributed by atoms with Gasteiger partial charge in [-0.15, -0.1) is 10.2 Å². The minimum absolute atomic E-state index is 0.0153. The lowest BCUT2D eigenvalue weighted by Gasteiger charge is -2.25. The summed E-state index contributed by atoms with van der Waals surface area (Å²) in [6.07, 6.45) is -3.75. The van der Waals surface area contributed by atoms with Crippen molar-refractivity contribution in [2.75, 3.05) is 0 Å². The zero-order valence-corrected chi connectivity index (χ0v) is 13.7. The molecule has 1 aromatic carbocycles. The number of hydrogen-bond donors (Lipinski definition) is 1. The number of fused-ring (bicyclic) bond motifs is 1. The Bertz CT molecular complexity index is 773. The van der Waals surface area contributed by atoms with Crippen molar-refractivity contribution in [2.45, 2.75) is 51.0 Å². The molecule has 0 spiro atoms. The Balaban J connectivity index is 1.70. The predicted octanol–water partition coefficient (Wildman–Crippen LogP) is 3.44. The van der Waals surface area contributed by atoms with Gasteiger partial charge in [-0.05, 0) is 37.5 Å². The number of nitriles is 1. The Kier molecular flexibility index (Phi) is 4.77. The second kappa shape index (κ2) is 6.84. The van der Waals surface area contributed by atoms with Gasteiger partial charge in [-0.2, -0.15) is 18.4 Å². The second-order valence-electron chi connectivity index (χ2n) is 6.20. The van der Waals surface area contributed by atoms with Crippen LogP contribution in [0.2, 0.25) is 0 Å². The van der Waals surface area contributed by atoms with Crippen LogP contribution in [-0.4, -0.2) is 20.9 Å². The molecule has 132 valence electrons. The second-order valence-corrected chi connectivity index (χ2v) is 6.20. The van der Waals surface area contributed by atoms with E-state index in [1.807, 2.05) is 19.1 Å². The highest BCUT2D eigenvalue weighted by Gasteiger charge is 2.45.